The quantitative estimate of drug-likeness (QED) is 0.890. The molecule has 0 aliphatic rings. The van der Waals surface area contributed by atoms with Crippen LogP contribution in [0.1, 0.15) is 34.7 Å². The van der Waals surface area contributed by atoms with E-state index >= 15 is 0 Å². The van der Waals surface area contributed by atoms with E-state index in [2.05, 4.69) is 10.3 Å². The molecule has 20 heavy (non-hydrogen) atoms. The number of rotatable bonds is 5. The van der Waals surface area contributed by atoms with E-state index < -0.39 is 6.10 Å². The fourth-order valence-electron chi connectivity index (χ4n) is 1.84. The number of nitrogens with zero attached hydrogens (tertiary/aromatic N) is 1. The van der Waals surface area contributed by atoms with E-state index in [4.69, 9.17) is 0 Å². The van der Waals surface area contributed by atoms with E-state index in [0.29, 0.717) is 16.9 Å². The zero-order valence-corrected chi connectivity index (χ0v) is 11.7. The Labute approximate surface area is 120 Å². The molecule has 2 N–H and O–H groups in total. The van der Waals surface area contributed by atoms with Crippen LogP contribution in [-0.4, -0.2) is 22.0 Å². The van der Waals surface area contributed by atoms with Crippen LogP contribution in [0.15, 0.2) is 36.0 Å². The van der Waals surface area contributed by atoms with Gasteiger partial charge >= 0.3 is 0 Å². The van der Waals surface area contributed by atoms with E-state index in [1.54, 1.807) is 5.51 Å². The van der Waals surface area contributed by atoms with Crippen LogP contribution in [0.4, 0.5) is 4.39 Å². The minimum atomic E-state index is -0.743. The lowest BCUT2D eigenvalue weighted by Crippen LogP contribution is -2.33. The molecule has 0 radical (unpaired) electrons. The molecule has 4 nitrogen and oxygen atoms in total. The van der Waals surface area contributed by atoms with Crippen LogP contribution >= 0.6 is 11.3 Å². The molecule has 0 bridgehead atoms. The maximum atomic E-state index is 12.8. The van der Waals surface area contributed by atoms with Gasteiger partial charge in [-0.2, -0.15) is 0 Å². The highest BCUT2D eigenvalue weighted by molar-refractivity contribution is 7.11. The predicted molar refractivity (Wildman–Crippen MR) is 75.0 cm³/mol. The molecule has 0 aliphatic heterocycles. The highest BCUT2D eigenvalue weighted by Gasteiger charge is 2.16. The van der Waals surface area contributed by atoms with E-state index in [0.717, 1.165) is 0 Å². The zero-order valence-electron chi connectivity index (χ0n) is 10.9. The predicted octanol–water partition coefficient (Wildman–Crippen LogP) is 2.52. The summed E-state index contributed by atoms with van der Waals surface area (Å²) in [7, 11) is 0. The number of carbonyl (C=O) groups is 1. The number of hydrogen-bond donors (Lipinski definition) is 2. The van der Waals surface area contributed by atoms with Crippen molar-refractivity contribution < 1.29 is 14.3 Å². The van der Waals surface area contributed by atoms with Gasteiger partial charge in [-0.15, -0.1) is 11.3 Å². The Kier molecular flexibility index (Phi) is 4.81. The van der Waals surface area contributed by atoms with Crippen LogP contribution in [0.25, 0.3) is 0 Å². The third-order valence-electron chi connectivity index (χ3n) is 2.87. The molecule has 6 heteroatoms. The molecule has 1 aromatic heterocycles. The number of aliphatic hydroxyl groups is 1. The van der Waals surface area contributed by atoms with Gasteiger partial charge < -0.3 is 10.4 Å². The van der Waals surface area contributed by atoms with Crippen LogP contribution in [0.2, 0.25) is 0 Å². The lowest BCUT2D eigenvalue weighted by Gasteiger charge is -2.17. The first-order valence-corrected chi connectivity index (χ1v) is 7.07. The largest absolute Gasteiger partial charge is 0.388 e. The van der Waals surface area contributed by atoms with E-state index in [1.165, 1.54) is 41.8 Å². The number of benzene rings is 1. The van der Waals surface area contributed by atoms with Crippen molar-refractivity contribution in [3.05, 3.63) is 52.2 Å². The Hall–Kier alpha value is -1.79. The first-order chi connectivity index (χ1) is 9.56. The highest BCUT2D eigenvalue weighted by atomic mass is 32.1. The van der Waals surface area contributed by atoms with Gasteiger partial charge in [-0.05, 0) is 31.0 Å². The van der Waals surface area contributed by atoms with Crippen LogP contribution < -0.4 is 5.32 Å². The molecule has 2 atom stereocenters. The van der Waals surface area contributed by atoms with Crippen molar-refractivity contribution in [1.82, 2.24) is 10.3 Å². The van der Waals surface area contributed by atoms with Crippen molar-refractivity contribution in [3.63, 3.8) is 0 Å². The van der Waals surface area contributed by atoms with Gasteiger partial charge in [-0.3, -0.25) is 9.78 Å². The average Bonchev–Trinajstić information content (AvgIpc) is 2.93. The summed E-state index contributed by atoms with van der Waals surface area (Å²) < 4.78 is 12.8. The molecule has 1 heterocycles. The van der Waals surface area contributed by atoms with Gasteiger partial charge in [0.15, 0.2) is 0 Å². The van der Waals surface area contributed by atoms with Gasteiger partial charge in [0.25, 0.3) is 5.91 Å². The third-order valence-corrected chi connectivity index (χ3v) is 3.64. The number of aromatic nitrogens is 1. The Morgan fingerprint density at radius 1 is 1.45 bits per heavy atom. The highest BCUT2D eigenvalue weighted by Crippen LogP contribution is 2.19. The fourth-order valence-corrected chi connectivity index (χ4v) is 2.36. The molecule has 2 unspecified atom stereocenters. The van der Waals surface area contributed by atoms with E-state index in [-0.39, 0.29) is 17.8 Å². The molecule has 2 rings (SSSR count). The Bertz CT molecular complexity index is 557. The molecule has 1 aromatic carbocycles. The first-order valence-electron chi connectivity index (χ1n) is 6.19. The molecule has 0 fully saturated rings. The number of halogens is 1. The maximum absolute atomic E-state index is 12.8. The molecule has 106 valence electrons. The number of amides is 1. The van der Waals surface area contributed by atoms with Gasteiger partial charge in [0.2, 0.25) is 0 Å². The second-order valence-electron chi connectivity index (χ2n) is 4.54. The summed E-state index contributed by atoms with van der Waals surface area (Å²) in [6, 6.07) is 5.48. The normalized spacial score (nSPS) is 13.8. The van der Waals surface area contributed by atoms with Crippen molar-refractivity contribution in [2.45, 2.75) is 25.5 Å². The molecule has 0 saturated carbocycles. The number of thiazole rings is 1. The van der Waals surface area contributed by atoms with Crippen molar-refractivity contribution in [3.8, 4) is 0 Å². The smallest absolute Gasteiger partial charge is 0.263 e. The summed E-state index contributed by atoms with van der Waals surface area (Å²) in [5.74, 6) is -0.543. The first kappa shape index (κ1) is 14.6. The summed E-state index contributed by atoms with van der Waals surface area (Å²) in [6.45, 7) is 1.81. The van der Waals surface area contributed by atoms with Crippen molar-refractivity contribution in [1.29, 1.82) is 0 Å². The molecule has 2 aromatic rings. The van der Waals surface area contributed by atoms with Crippen LogP contribution in [-0.2, 0) is 0 Å². The summed E-state index contributed by atoms with van der Waals surface area (Å²) in [5.41, 5.74) is 2.22. The summed E-state index contributed by atoms with van der Waals surface area (Å²) >= 11 is 1.26. The molecule has 0 aliphatic carbocycles. The number of aliphatic hydroxyl groups excluding tert-OH is 1. The molecular formula is C14H15FN2O2S. The number of hydrogen-bond acceptors (Lipinski definition) is 4. The van der Waals surface area contributed by atoms with E-state index in [9.17, 15) is 14.3 Å². The number of nitrogens with one attached hydrogen (secondary N) is 1. The van der Waals surface area contributed by atoms with Crippen LogP contribution in [0, 0.1) is 5.82 Å². The number of carbonyl (C=O) groups excluding carboxylic acids is 1. The van der Waals surface area contributed by atoms with Gasteiger partial charge in [-0.25, -0.2) is 4.39 Å². The van der Waals surface area contributed by atoms with Gasteiger partial charge in [0.05, 0.1) is 17.8 Å². The van der Waals surface area contributed by atoms with Gasteiger partial charge in [0, 0.05) is 6.04 Å². The van der Waals surface area contributed by atoms with Crippen molar-refractivity contribution in [2.75, 3.05) is 0 Å². The minimum absolute atomic E-state index is 0.202. The zero-order chi connectivity index (χ0) is 14.5. The standard InChI is InChI=1S/C14H15FN2O2S/c1-9(17-14(19)13-7-16-8-20-13)6-12(18)10-2-4-11(15)5-3-10/h2-5,7-9,12,18H,6H2,1H3,(H,17,19). The summed E-state index contributed by atoms with van der Waals surface area (Å²) in [5, 5.41) is 12.8. The molecule has 0 saturated heterocycles. The van der Waals surface area contributed by atoms with Gasteiger partial charge in [0.1, 0.15) is 10.7 Å². The maximum Gasteiger partial charge on any atom is 0.263 e. The second kappa shape index (κ2) is 6.58. The third kappa shape index (κ3) is 3.85. The SMILES string of the molecule is CC(CC(O)c1ccc(F)cc1)NC(=O)c1cncs1. The van der Waals surface area contributed by atoms with Gasteiger partial charge in [-0.1, -0.05) is 12.1 Å². The van der Waals surface area contributed by atoms with Crippen molar-refractivity contribution >= 4 is 17.2 Å². The van der Waals surface area contributed by atoms with E-state index in [1.807, 2.05) is 6.92 Å². The minimum Gasteiger partial charge on any atom is -0.388 e. The monoisotopic (exact) mass is 294 g/mol. The van der Waals surface area contributed by atoms with Crippen LogP contribution in [0.5, 0.6) is 0 Å². The average molecular weight is 294 g/mol. The molecular weight excluding hydrogens is 279 g/mol. The fraction of sp³-hybridized carbons (Fsp3) is 0.286. The topological polar surface area (TPSA) is 62.2 Å². The molecule has 0 spiro atoms. The van der Waals surface area contributed by atoms with Crippen LogP contribution in [0.3, 0.4) is 0 Å². The Morgan fingerprint density at radius 2 is 2.15 bits per heavy atom. The second-order valence-corrected chi connectivity index (χ2v) is 5.43. The Morgan fingerprint density at radius 3 is 2.75 bits per heavy atom. The van der Waals surface area contributed by atoms with Crippen molar-refractivity contribution in [2.24, 2.45) is 0 Å². The summed E-state index contributed by atoms with van der Waals surface area (Å²) in [4.78, 5) is 16.2. The Balaban J connectivity index is 1.89. The lowest BCUT2D eigenvalue weighted by molar-refractivity contribution is 0.0921. The summed E-state index contributed by atoms with van der Waals surface area (Å²) in [6.07, 6.45) is 1.12. The molecule has 1 amide bonds. The lowest BCUT2D eigenvalue weighted by atomic mass is 10.0.